The van der Waals surface area contributed by atoms with E-state index >= 15 is 0 Å². The highest BCUT2D eigenvalue weighted by Gasteiger charge is 2.25. The number of benzene rings is 1. The first-order valence-corrected chi connectivity index (χ1v) is 8.87. The summed E-state index contributed by atoms with van der Waals surface area (Å²) in [5.74, 6) is 1.69. The van der Waals surface area contributed by atoms with Gasteiger partial charge >= 0.3 is 0 Å². The van der Waals surface area contributed by atoms with Gasteiger partial charge < -0.3 is 9.64 Å². The van der Waals surface area contributed by atoms with Crippen molar-refractivity contribution in [2.45, 2.75) is 26.2 Å². The lowest BCUT2D eigenvalue weighted by atomic mass is 9.90. The first kappa shape index (κ1) is 16.0. The van der Waals surface area contributed by atoms with Crippen molar-refractivity contribution in [2.24, 2.45) is 5.92 Å². The zero-order chi connectivity index (χ0) is 16.2. The predicted octanol–water partition coefficient (Wildman–Crippen LogP) is 3.56. The number of carbonyl (C=O) groups excluding carboxylic acids is 1. The van der Waals surface area contributed by atoms with Crippen molar-refractivity contribution in [1.29, 1.82) is 0 Å². The number of hydrogen-bond donors (Lipinski definition) is 0. The van der Waals surface area contributed by atoms with Gasteiger partial charge in [-0.3, -0.25) is 4.79 Å². The molecule has 1 aliphatic rings. The van der Waals surface area contributed by atoms with Crippen LogP contribution >= 0.6 is 11.3 Å². The summed E-state index contributed by atoms with van der Waals surface area (Å²) in [5, 5.41) is 0. The summed E-state index contributed by atoms with van der Waals surface area (Å²) in [6, 6.07) is 8.30. The predicted molar refractivity (Wildman–Crippen MR) is 92.2 cm³/mol. The van der Waals surface area contributed by atoms with Gasteiger partial charge in [0.15, 0.2) is 0 Å². The topological polar surface area (TPSA) is 42.4 Å². The molecule has 0 radical (unpaired) electrons. The standard InChI is InChI=1S/C18H22N2O2S/c1-13-17(23-12-19-13)18(21)20-9-7-15(8-10-20)11-14-3-5-16(22-2)6-4-14/h3-6,12,15H,7-11H2,1-2H3. The Kier molecular flexibility index (Phi) is 4.96. The van der Waals surface area contributed by atoms with Crippen molar-refractivity contribution in [1.82, 2.24) is 9.88 Å². The van der Waals surface area contributed by atoms with Gasteiger partial charge in [0.05, 0.1) is 18.3 Å². The molecule has 0 bridgehead atoms. The van der Waals surface area contributed by atoms with Crippen LogP contribution in [0.5, 0.6) is 5.75 Å². The molecule has 122 valence electrons. The van der Waals surface area contributed by atoms with Gasteiger partial charge in [0.1, 0.15) is 10.6 Å². The van der Waals surface area contributed by atoms with E-state index in [1.165, 1.54) is 16.9 Å². The van der Waals surface area contributed by atoms with E-state index in [4.69, 9.17) is 4.74 Å². The molecule has 0 N–H and O–H groups in total. The van der Waals surface area contributed by atoms with Gasteiger partial charge in [-0.25, -0.2) is 4.98 Å². The van der Waals surface area contributed by atoms with Gasteiger partial charge in [-0.15, -0.1) is 11.3 Å². The Balaban J connectivity index is 1.54. The third-order valence-electron chi connectivity index (χ3n) is 4.52. The van der Waals surface area contributed by atoms with E-state index in [1.54, 1.807) is 12.6 Å². The minimum atomic E-state index is 0.146. The molecule has 2 aromatic rings. The van der Waals surface area contributed by atoms with Crippen LogP contribution in [-0.4, -0.2) is 36.0 Å². The summed E-state index contributed by atoms with van der Waals surface area (Å²) >= 11 is 1.44. The largest absolute Gasteiger partial charge is 0.497 e. The fraction of sp³-hybridized carbons (Fsp3) is 0.444. The van der Waals surface area contributed by atoms with Crippen LogP contribution in [0, 0.1) is 12.8 Å². The van der Waals surface area contributed by atoms with Gasteiger partial charge in [-0.2, -0.15) is 0 Å². The number of likely N-dealkylation sites (tertiary alicyclic amines) is 1. The number of carbonyl (C=O) groups is 1. The molecule has 0 aliphatic carbocycles. The maximum Gasteiger partial charge on any atom is 0.265 e. The Labute approximate surface area is 141 Å². The Morgan fingerprint density at radius 3 is 2.57 bits per heavy atom. The fourth-order valence-electron chi connectivity index (χ4n) is 3.09. The number of rotatable bonds is 4. The van der Waals surface area contributed by atoms with Crippen LogP contribution in [0.3, 0.4) is 0 Å². The molecular formula is C18H22N2O2S. The Morgan fingerprint density at radius 2 is 2.00 bits per heavy atom. The number of methoxy groups -OCH3 is 1. The third kappa shape index (κ3) is 3.72. The summed E-state index contributed by atoms with van der Waals surface area (Å²) in [6.45, 7) is 3.59. The second-order valence-electron chi connectivity index (χ2n) is 6.05. The number of amides is 1. The molecule has 1 amide bonds. The molecule has 0 saturated carbocycles. The number of nitrogens with zero attached hydrogens (tertiary/aromatic N) is 2. The SMILES string of the molecule is COc1ccc(CC2CCN(C(=O)c3scnc3C)CC2)cc1. The first-order valence-electron chi connectivity index (χ1n) is 7.99. The van der Waals surface area contributed by atoms with Crippen molar-refractivity contribution in [3.63, 3.8) is 0 Å². The molecule has 1 aliphatic heterocycles. The highest BCUT2D eigenvalue weighted by atomic mass is 32.1. The molecule has 0 spiro atoms. The summed E-state index contributed by atoms with van der Waals surface area (Å²) in [4.78, 5) is 19.4. The molecule has 1 aromatic carbocycles. The first-order chi connectivity index (χ1) is 11.2. The third-order valence-corrected chi connectivity index (χ3v) is 5.44. The fourth-order valence-corrected chi connectivity index (χ4v) is 3.86. The van der Waals surface area contributed by atoms with Crippen LogP contribution in [0.1, 0.15) is 33.8 Å². The lowest BCUT2D eigenvalue weighted by Crippen LogP contribution is -2.38. The van der Waals surface area contributed by atoms with Crippen LogP contribution < -0.4 is 4.74 Å². The lowest BCUT2D eigenvalue weighted by molar-refractivity contribution is 0.0694. The second kappa shape index (κ2) is 7.13. The maximum absolute atomic E-state index is 12.5. The van der Waals surface area contributed by atoms with E-state index in [2.05, 4.69) is 17.1 Å². The molecule has 3 rings (SSSR count). The monoisotopic (exact) mass is 330 g/mol. The highest BCUT2D eigenvalue weighted by molar-refractivity contribution is 7.11. The van der Waals surface area contributed by atoms with Crippen LogP contribution in [0.25, 0.3) is 0 Å². The van der Waals surface area contributed by atoms with Crippen molar-refractivity contribution < 1.29 is 9.53 Å². The minimum Gasteiger partial charge on any atom is -0.497 e. The number of piperidine rings is 1. The lowest BCUT2D eigenvalue weighted by Gasteiger charge is -2.32. The molecule has 4 nitrogen and oxygen atoms in total. The molecule has 1 fully saturated rings. The van der Waals surface area contributed by atoms with Gasteiger partial charge in [-0.05, 0) is 49.8 Å². The average Bonchev–Trinajstić information content (AvgIpc) is 3.02. The number of ether oxygens (including phenoxy) is 1. The van der Waals surface area contributed by atoms with Crippen molar-refractivity contribution in [2.75, 3.05) is 20.2 Å². The van der Waals surface area contributed by atoms with Gasteiger partial charge in [0.25, 0.3) is 5.91 Å². The van der Waals surface area contributed by atoms with Crippen molar-refractivity contribution in [3.8, 4) is 5.75 Å². The number of aromatic nitrogens is 1. The summed E-state index contributed by atoms with van der Waals surface area (Å²) < 4.78 is 5.20. The number of hydrogen-bond acceptors (Lipinski definition) is 4. The molecule has 0 unspecified atom stereocenters. The quantitative estimate of drug-likeness (QED) is 0.861. The van der Waals surface area contributed by atoms with Gasteiger partial charge in [0.2, 0.25) is 0 Å². The zero-order valence-corrected chi connectivity index (χ0v) is 14.4. The van der Waals surface area contributed by atoms with Crippen molar-refractivity contribution in [3.05, 3.63) is 45.9 Å². The van der Waals surface area contributed by atoms with Crippen LogP contribution in [0.2, 0.25) is 0 Å². The summed E-state index contributed by atoms with van der Waals surface area (Å²) in [5.41, 5.74) is 3.94. The van der Waals surface area contributed by atoms with Crippen molar-refractivity contribution >= 4 is 17.2 Å². The highest BCUT2D eigenvalue weighted by Crippen LogP contribution is 2.25. The zero-order valence-electron chi connectivity index (χ0n) is 13.6. The normalized spacial score (nSPS) is 15.7. The molecular weight excluding hydrogens is 308 g/mol. The molecule has 23 heavy (non-hydrogen) atoms. The van der Waals surface area contributed by atoms with E-state index in [1.807, 2.05) is 24.0 Å². The van der Waals surface area contributed by atoms with E-state index in [-0.39, 0.29) is 5.91 Å². The van der Waals surface area contributed by atoms with Gasteiger partial charge in [-0.1, -0.05) is 12.1 Å². The molecule has 0 atom stereocenters. The summed E-state index contributed by atoms with van der Waals surface area (Å²) in [7, 11) is 1.69. The van der Waals surface area contributed by atoms with Crippen LogP contribution in [0.15, 0.2) is 29.8 Å². The molecule has 1 aromatic heterocycles. The van der Waals surface area contributed by atoms with Crippen LogP contribution in [-0.2, 0) is 6.42 Å². The van der Waals surface area contributed by atoms with E-state index in [9.17, 15) is 4.79 Å². The molecule has 1 saturated heterocycles. The summed E-state index contributed by atoms with van der Waals surface area (Å²) in [6.07, 6.45) is 3.21. The van der Waals surface area contributed by atoms with E-state index < -0.39 is 0 Å². The van der Waals surface area contributed by atoms with Crippen LogP contribution in [0.4, 0.5) is 0 Å². The maximum atomic E-state index is 12.5. The molecule has 5 heteroatoms. The second-order valence-corrected chi connectivity index (χ2v) is 6.91. The minimum absolute atomic E-state index is 0.146. The average molecular weight is 330 g/mol. The number of aryl methyl sites for hydroxylation is 1. The smallest absolute Gasteiger partial charge is 0.265 e. The van der Waals surface area contributed by atoms with E-state index in [0.29, 0.717) is 5.92 Å². The molecule has 2 heterocycles. The Morgan fingerprint density at radius 1 is 1.30 bits per heavy atom. The number of thiazole rings is 1. The van der Waals surface area contributed by atoms with E-state index in [0.717, 1.165) is 48.7 Å². The Bertz CT molecular complexity index is 658. The Hall–Kier alpha value is -1.88. The van der Waals surface area contributed by atoms with Gasteiger partial charge in [0, 0.05) is 13.1 Å².